The summed E-state index contributed by atoms with van der Waals surface area (Å²) in [4.78, 5) is 14.6. The van der Waals surface area contributed by atoms with Gasteiger partial charge in [-0.05, 0) is 63.5 Å². The highest BCUT2D eigenvalue weighted by atomic mass is 32.1. The molecule has 1 aliphatic heterocycles. The van der Waals surface area contributed by atoms with Crippen molar-refractivity contribution in [2.45, 2.75) is 70.4 Å². The smallest absolute Gasteiger partial charge is 0.146 e. The van der Waals surface area contributed by atoms with Crippen LogP contribution in [0.4, 0.5) is 5.82 Å². The highest BCUT2D eigenvalue weighted by molar-refractivity contribution is 7.19. The molecule has 2 atom stereocenters. The van der Waals surface area contributed by atoms with Gasteiger partial charge in [0.2, 0.25) is 0 Å². The number of nitrogen functional groups attached to an aromatic ring is 1. The number of thiophene rings is 1. The predicted molar refractivity (Wildman–Crippen MR) is 105 cm³/mol. The second-order valence-corrected chi connectivity index (χ2v) is 9.58. The monoisotopic (exact) mass is 372 g/mol. The number of aromatic nitrogens is 2. The molecule has 1 saturated heterocycles. The molecule has 1 saturated carbocycles. The number of aliphatic hydroxyl groups is 1. The van der Waals surface area contributed by atoms with E-state index in [4.69, 9.17) is 10.7 Å². The first kappa shape index (κ1) is 16.9. The number of aliphatic hydroxyl groups excluding tert-OH is 1. The molecule has 2 aliphatic carbocycles. The second-order valence-electron chi connectivity index (χ2n) is 8.50. The zero-order valence-electron chi connectivity index (χ0n) is 15.3. The van der Waals surface area contributed by atoms with Gasteiger partial charge in [0.25, 0.3) is 0 Å². The topological polar surface area (TPSA) is 75.3 Å². The number of aryl methyl sites for hydroxylation is 2. The number of hydrogen-bond donors (Lipinski definition) is 2. The molecule has 0 aromatic carbocycles. The van der Waals surface area contributed by atoms with Gasteiger partial charge in [0.15, 0.2) is 0 Å². The summed E-state index contributed by atoms with van der Waals surface area (Å²) in [5.41, 5.74) is 7.88. The summed E-state index contributed by atoms with van der Waals surface area (Å²) in [7, 11) is 0. The van der Waals surface area contributed by atoms with E-state index in [2.05, 4.69) is 9.88 Å². The molecule has 0 bridgehead atoms. The molecule has 140 valence electrons. The normalized spacial score (nSPS) is 29.5. The second kappa shape index (κ2) is 6.43. The van der Waals surface area contributed by atoms with Gasteiger partial charge in [-0.25, -0.2) is 9.97 Å². The average Bonchev–Trinajstić information content (AvgIpc) is 3.16. The molecule has 2 aromatic rings. The van der Waals surface area contributed by atoms with E-state index in [0.717, 1.165) is 80.6 Å². The van der Waals surface area contributed by atoms with E-state index >= 15 is 0 Å². The molecule has 5 nitrogen and oxygen atoms in total. The van der Waals surface area contributed by atoms with Crippen molar-refractivity contribution >= 4 is 27.4 Å². The quantitative estimate of drug-likeness (QED) is 0.846. The molecule has 2 fully saturated rings. The molecule has 1 spiro atoms. The Morgan fingerprint density at radius 3 is 2.85 bits per heavy atom. The number of piperidine rings is 1. The minimum atomic E-state index is -0.136. The van der Waals surface area contributed by atoms with Crippen LogP contribution in [0, 0.1) is 5.41 Å². The number of fused-ring (bicyclic) bond motifs is 3. The van der Waals surface area contributed by atoms with Crippen molar-refractivity contribution in [3.05, 3.63) is 16.3 Å². The SMILES string of the molecule is Nc1nc(CN2CCC[C@@]3(CCC[C@H]3O)C2)nc2sc3c(c12)CCCC3. The standard InChI is InChI=1S/C20H28N4OS/c21-18-17-13-5-1-2-6-14(13)26-19(17)23-16(22-18)11-24-10-4-9-20(12-24)8-3-7-15(20)25/h15,25H,1-12H2,(H2,21,22,23)/t15-,20+/m1/s1. The zero-order valence-corrected chi connectivity index (χ0v) is 16.2. The van der Waals surface area contributed by atoms with E-state index in [1.54, 1.807) is 0 Å². The summed E-state index contributed by atoms with van der Waals surface area (Å²) in [6, 6.07) is 0. The highest BCUT2D eigenvalue weighted by Crippen LogP contribution is 2.45. The number of nitrogens with zero attached hydrogens (tertiary/aromatic N) is 3. The van der Waals surface area contributed by atoms with E-state index in [9.17, 15) is 5.11 Å². The van der Waals surface area contributed by atoms with Crippen LogP contribution in [0.15, 0.2) is 0 Å². The van der Waals surface area contributed by atoms with Crippen molar-refractivity contribution in [1.82, 2.24) is 14.9 Å². The Labute approximate surface area is 158 Å². The van der Waals surface area contributed by atoms with E-state index in [1.807, 2.05) is 11.3 Å². The number of hydrogen-bond acceptors (Lipinski definition) is 6. The third-order valence-corrected chi connectivity index (χ3v) is 7.99. The first-order valence-electron chi connectivity index (χ1n) is 10.1. The summed E-state index contributed by atoms with van der Waals surface area (Å²) in [6.45, 7) is 2.78. The summed E-state index contributed by atoms with van der Waals surface area (Å²) in [6.07, 6.45) is 10.3. The molecule has 3 heterocycles. The van der Waals surface area contributed by atoms with Crippen molar-refractivity contribution < 1.29 is 5.11 Å². The summed E-state index contributed by atoms with van der Waals surface area (Å²) >= 11 is 1.82. The maximum atomic E-state index is 10.5. The van der Waals surface area contributed by atoms with E-state index in [1.165, 1.54) is 23.3 Å². The summed E-state index contributed by atoms with van der Waals surface area (Å²) in [5.74, 6) is 1.51. The summed E-state index contributed by atoms with van der Waals surface area (Å²) in [5, 5.41) is 11.6. The first-order valence-corrected chi connectivity index (χ1v) is 10.9. The fourth-order valence-corrected chi connectivity index (χ4v) is 6.78. The lowest BCUT2D eigenvalue weighted by Crippen LogP contribution is -2.46. The zero-order chi connectivity index (χ0) is 17.7. The molecular formula is C20H28N4OS. The fourth-order valence-electron chi connectivity index (χ4n) is 5.49. The van der Waals surface area contributed by atoms with Gasteiger partial charge in [0.1, 0.15) is 16.5 Å². The van der Waals surface area contributed by atoms with Crippen LogP contribution in [0.5, 0.6) is 0 Å². The van der Waals surface area contributed by atoms with Gasteiger partial charge in [0, 0.05) is 16.8 Å². The van der Waals surface area contributed by atoms with Crippen LogP contribution in [-0.2, 0) is 19.4 Å². The van der Waals surface area contributed by atoms with Crippen molar-refractivity contribution in [1.29, 1.82) is 0 Å². The Balaban J connectivity index is 1.41. The lowest BCUT2D eigenvalue weighted by molar-refractivity contribution is -0.0126. The third kappa shape index (κ3) is 2.74. The Bertz CT molecular complexity index is 835. The molecule has 0 unspecified atom stereocenters. The van der Waals surface area contributed by atoms with Crippen molar-refractivity contribution in [2.24, 2.45) is 5.41 Å². The van der Waals surface area contributed by atoms with Crippen molar-refractivity contribution in [2.75, 3.05) is 18.8 Å². The average molecular weight is 373 g/mol. The molecule has 3 N–H and O–H groups in total. The Hall–Kier alpha value is -1.24. The molecule has 0 amide bonds. The van der Waals surface area contributed by atoms with Gasteiger partial charge >= 0.3 is 0 Å². The molecular weight excluding hydrogens is 344 g/mol. The van der Waals surface area contributed by atoms with Crippen molar-refractivity contribution in [3.8, 4) is 0 Å². The lowest BCUT2D eigenvalue weighted by atomic mass is 9.77. The van der Waals surface area contributed by atoms with Gasteiger partial charge in [-0.2, -0.15) is 0 Å². The fraction of sp³-hybridized carbons (Fsp3) is 0.700. The molecule has 2 aromatic heterocycles. The van der Waals surface area contributed by atoms with Gasteiger partial charge < -0.3 is 10.8 Å². The number of likely N-dealkylation sites (tertiary alicyclic amines) is 1. The van der Waals surface area contributed by atoms with Gasteiger partial charge in [-0.3, -0.25) is 4.90 Å². The molecule has 6 heteroatoms. The molecule has 26 heavy (non-hydrogen) atoms. The number of nitrogens with two attached hydrogens (primary N) is 1. The Kier molecular flexibility index (Phi) is 4.18. The Morgan fingerprint density at radius 1 is 1.15 bits per heavy atom. The maximum Gasteiger partial charge on any atom is 0.146 e. The maximum absolute atomic E-state index is 10.5. The van der Waals surface area contributed by atoms with Crippen LogP contribution >= 0.6 is 11.3 Å². The lowest BCUT2D eigenvalue weighted by Gasteiger charge is -2.42. The van der Waals surface area contributed by atoms with Gasteiger partial charge in [-0.15, -0.1) is 11.3 Å². The molecule has 3 aliphatic rings. The minimum Gasteiger partial charge on any atom is -0.393 e. The minimum absolute atomic E-state index is 0.107. The van der Waals surface area contributed by atoms with Gasteiger partial charge in [-0.1, -0.05) is 6.42 Å². The highest BCUT2D eigenvalue weighted by Gasteiger charge is 2.44. The van der Waals surface area contributed by atoms with Crippen molar-refractivity contribution in [3.63, 3.8) is 0 Å². The van der Waals surface area contributed by atoms with Crippen LogP contribution in [0.2, 0.25) is 0 Å². The van der Waals surface area contributed by atoms with Crippen LogP contribution in [-0.4, -0.2) is 39.2 Å². The van der Waals surface area contributed by atoms with Crippen LogP contribution in [0.25, 0.3) is 10.2 Å². The van der Waals surface area contributed by atoms with E-state index < -0.39 is 0 Å². The van der Waals surface area contributed by atoms with Gasteiger partial charge in [0.05, 0.1) is 18.0 Å². The number of rotatable bonds is 2. The Morgan fingerprint density at radius 2 is 2.00 bits per heavy atom. The van der Waals surface area contributed by atoms with E-state index in [-0.39, 0.29) is 11.5 Å². The third-order valence-electron chi connectivity index (χ3n) is 6.80. The van der Waals surface area contributed by atoms with Crippen LogP contribution in [0.3, 0.4) is 0 Å². The predicted octanol–water partition coefficient (Wildman–Crippen LogP) is 3.28. The van der Waals surface area contributed by atoms with E-state index in [0.29, 0.717) is 5.82 Å². The number of anilines is 1. The van der Waals surface area contributed by atoms with Crippen LogP contribution in [0.1, 0.15) is 61.2 Å². The first-order chi connectivity index (χ1) is 12.6. The van der Waals surface area contributed by atoms with Crippen LogP contribution < -0.4 is 5.73 Å². The summed E-state index contributed by atoms with van der Waals surface area (Å²) < 4.78 is 0. The molecule has 5 rings (SSSR count). The molecule has 0 radical (unpaired) electrons. The largest absolute Gasteiger partial charge is 0.393 e.